The van der Waals surface area contributed by atoms with Crippen LogP contribution < -0.4 is 0 Å². The Balaban J connectivity index is 2.50. The lowest BCUT2D eigenvalue weighted by Gasteiger charge is -2.30. The Labute approximate surface area is 127 Å². The highest BCUT2D eigenvalue weighted by atomic mass is 16.7. The van der Waals surface area contributed by atoms with Gasteiger partial charge < -0.3 is 9.64 Å². The van der Waals surface area contributed by atoms with E-state index in [2.05, 4.69) is 0 Å². The van der Waals surface area contributed by atoms with Crippen molar-refractivity contribution in [3.63, 3.8) is 0 Å². The Hall–Kier alpha value is -1.30. The third kappa shape index (κ3) is 5.91. The number of likely N-dealkylation sites (tertiary alicyclic amines) is 1. The molecule has 21 heavy (non-hydrogen) atoms. The summed E-state index contributed by atoms with van der Waals surface area (Å²) in [6.07, 6.45) is 2.87. The summed E-state index contributed by atoms with van der Waals surface area (Å²) in [5, 5.41) is 1.29. The maximum absolute atomic E-state index is 12.1. The number of amides is 2. The van der Waals surface area contributed by atoms with Gasteiger partial charge in [0, 0.05) is 26.1 Å². The highest BCUT2D eigenvalue weighted by Gasteiger charge is 2.27. The van der Waals surface area contributed by atoms with E-state index in [4.69, 9.17) is 9.57 Å². The van der Waals surface area contributed by atoms with E-state index in [1.54, 1.807) is 11.9 Å². The van der Waals surface area contributed by atoms with Crippen molar-refractivity contribution in [1.29, 1.82) is 0 Å². The van der Waals surface area contributed by atoms with E-state index in [9.17, 15) is 9.59 Å². The molecule has 0 spiro atoms. The summed E-state index contributed by atoms with van der Waals surface area (Å²) in [6, 6.07) is 0. The molecule has 0 saturated carbocycles. The molecule has 0 unspecified atom stereocenters. The Kier molecular flexibility index (Phi) is 6.45. The fourth-order valence-corrected chi connectivity index (χ4v) is 2.42. The molecule has 1 rings (SSSR count). The van der Waals surface area contributed by atoms with Gasteiger partial charge in [-0.2, -0.15) is 0 Å². The first-order valence-electron chi connectivity index (χ1n) is 7.54. The van der Waals surface area contributed by atoms with E-state index in [1.807, 2.05) is 20.8 Å². The molecule has 0 aliphatic carbocycles. The van der Waals surface area contributed by atoms with Crippen molar-refractivity contribution < 1.29 is 19.2 Å². The van der Waals surface area contributed by atoms with Crippen molar-refractivity contribution in [1.82, 2.24) is 9.96 Å². The minimum Gasteiger partial charge on any atom is -0.444 e. The number of carbonyl (C=O) groups is 2. The predicted octanol–water partition coefficient (Wildman–Crippen LogP) is 2.43. The van der Waals surface area contributed by atoms with Crippen molar-refractivity contribution >= 4 is 12.0 Å². The van der Waals surface area contributed by atoms with Gasteiger partial charge in [-0.1, -0.05) is 0 Å². The van der Waals surface area contributed by atoms with Gasteiger partial charge in [0.25, 0.3) is 0 Å². The first kappa shape index (κ1) is 17.8. The molecule has 0 radical (unpaired) electrons. The van der Waals surface area contributed by atoms with Gasteiger partial charge in [-0.05, 0) is 46.5 Å². The maximum atomic E-state index is 12.1. The smallest absolute Gasteiger partial charge is 0.410 e. The van der Waals surface area contributed by atoms with E-state index in [1.165, 1.54) is 12.2 Å². The largest absolute Gasteiger partial charge is 0.444 e. The summed E-state index contributed by atoms with van der Waals surface area (Å²) in [4.78, 5) is 30.8. The molecule has 2 amide bonds. The molecule has 122 valence electrons. The fraction of sp³-hybridized carbons (Fsp3) is 0.867. The molecule has 1 saturated heterocycles. The van der Waals surface area contributed by atoms with Gasteiger partial charge in [0.15, 0.2) is 0 Å². The van der Waals surface area contributed by atoms with Gasteiger partial charge in [-0.3, -0.25) is 9.63 Å². The minimum atomic E-state index is -0.473. The molecule has 1 aliphatic rings. The molecule has 6 nitrogen and oxygen atoms in total. The van der Waals surface area contributed by atoms with Crippen LogP contribution in [0.3, 0.4) is 0 Å². The van der Waals surface area contributed by atoms with Crippen LogP contribution in [0.2, 0.25) is 0 Å². The molecule has 1 aliphatic heterocycles. The molecule has 0 aromatic carbocycles. The second kappa shape index (κ2) is 7.64. The second-order valence-electron chi connectivity index (χ2n) is 6.47. The third-order valence-electron chi connectivity index (χ3n) is 3.55. The molecular formula is C15H28N2O4. The van der Waals surface area contributed by atoms with Crippen LogP contribution in [0, 0.1) is 5.92 Å². The lowest BCUT2D eigenvalue weighted by Crippen LogP contribution is -2.40. The molecule has 0 aromatic heterocycles. The topological polar surface area (TPSA) is 59.1 Å². The first-order chi connectivity index (χ1) is 9.74. The Morgan fingerprint density at radius 3 is 2.10 bits per heavy atom. The average molecular weight is 300 g/mol. The molecule has 0 atom stereocenters. The number of hydroxylamine groups is 2. The van der Waals surface area contributed by atoms with Crippen LogP contribution in [0.15, 0.2) is 0 Å². The van der Waals surface area contributed by atoms with Crippen LogP contribution >= 0.6 is 0 Å². The van der Waals surface area contributed by atoms with Crippen molar-refractivity contribution in [2.24, 2.45) is 5.92 Å². The lowest BCUT2D eigenvalue weighted by atomic mass is 9.94. The van der Waals surface area contributed by atoms with Crippen LogP contribution in [0.1, 0.15) is 46.5 Å². The number of ether oxygens (including phenoxy) is 1. The van der Waals surface area contributed by atoms with Crippen molar-refractivity contribution in [2.75, 3.05) is 27.2 Å². The highest BCUT2D eigenvalue weighted by molar-refractivity contribution is 5.77. The van der Waals surface area contributed by atoms with Crippen LogP contribution in [0.25, 0.3) is 0 Å². The number of rotatable bonds is 2. The Morgan fingerprint density at radius 1 is 1.14 bits per heavy atom. The van der Waals surface area contributed by atoms with Gasteiger partial charge >= 0.3 is 6.09 Å². The van der Waals surface area contributed by atoms with Gasteiger partial charge in [-0.15, -0.1) is 0 Å². The minimum absolute atomic E-state index is 0.0169. The molecule has 1 fully saturated rings. The van der Waals surface area contributed by atoms with E-state index in [-0.39, 0.29) is 17.9 Å². The van der Waals surface area contributed by atoms with Gasteiger partial charge in [0.2, 0.25) is 5.91 Å². The maximum Gasteiger partial charge on any atom is 0.410 e. The van der Waals surface area contributed by atoms with Crippen LogP contribution in [-0.4, -0.2) is 54.8 Å². The number of carbonyl (C=O) groups excluding carboxylic acids is 2. The fourth-order valence-electron chi connectivity index (χ4n) is 2.42. The summed E-state index contributed by atoms with van der Waals surface area (Å²) in [5.41, 5.74) is -0.473. The van der Waals surface area contributed by atoms with Crippen LogP contribution in [-0.2, 0) is 14.4 Å². The number of hydrogen-bond acceptors (Lipinski definition) is 4. The molecule has 1 heterocycles. The Bertz CT molecular complexity index is 355. The Morgan fingerprint density at radius 2 is 1.67 bits per heavy atom. The zero-order chi connectivity index (χ0) is 16.0. The zero-order valence-electron chi connectivity index (χ0n) is 13.8. The van der Waals surface area contributed by atoms with E-state index < -0.39 is 5.60 Å². The molecular weight excluding hydrogens is 272 g/mol. The molecule has 0 N–H and O–H groups in total. The van der Waals surface area contributed by atoms with Gasteiger partial charge in [0.05, 0.1) is 7.11 Å². The van der Waals surface area contributed by atoms with E-state index in [0.717, 1.165) is 25.7 Å². The third-order valence-corrected chi connectivity index (χ3v) is 3.55. The summed E-state index contributed by atoms with van der Waals surface area (Å²) in [6.45, 7) is 6.86. The number of hydrogen-bond donors (Lipinski definition) is 0. The van der Waals surface area contributed by atoms with Crippen molar-refractivity contribution in [2.45, 2.75) is 52.1 Å². The zero-order valence-corrected chi connectivity index (χ0v) is 13.8. The van der Waals surface area contributed by atoms with Crippen molar-refractivity contribution in [3.8, 4) is 0 Å². The second-order valence-corrected chi connectivity index (χ2v) is 6.47. The molecule has 0 aromatic rings. The monoisotopic (exact) mass is 300 g/mol. The predicted molar refractivity (Wildman–Crippen MR) is 79.5 cm³/mol. The molecule has 6 heteroatoms. The van der Waals surface area contributed by atoms with Gasteiger partial charge in [0.1, 0.15) is 5.60 Å². The average Bonchev–Trinajstić information content (AvgIpc) is 2.34. The van der Waals surface area contributed by atoms with Gasteiger partial charge in [-0.25, -0.2) is 9.86 Å². The summed E-state index contributed by atoms with van der Waals surface area (Å²) in [5.74, 6) is -0.000968. The summed E-state index contributed by atoms with van der Waals surface area (Å²) >= 11 is 0. The van der Waals surface area contributed by atoms with Crippen LogP contribution in [0.4, 0.5) is 4.79 Å². The SMILES string of the molecule is CON(C)C(=O)C1CCCN(C(=O)OC(C)(C)C)CCC1. The summed E-state index contributed by atoms with van der Waals surface area (Å²) in [7, 11) is 3.12. The first-order valence-corrected chi connectivity index (χ1v) is 7.54. The highest BCUT2D eigenvalue weighted by Crippen LogP contribution is 2.21. The number of nitrogens with zero attached hydrogens (tertiary/aromatic N) is 2. The lowest BCUT2D eigenvalue weighted by molar-refractivity contribution is -0.174. The van der Waals surface area contributed by atoms with E-state index in [0.29, 0.717) is 13.1 Å². The standard InChI is InChI=1S/C15H28N2O4/c1-15(2,3)21-14(19)17-10-6-8-12(9-7-11-17)13(18)16(4)20-5/h12H,6-11H2,1-5H3. The summed E-state index contributed by atoms with van der Waals surface area (Å²) < 4.78 is 5.40. The van der Waals surface area contributed by atoms with E-state index >= 15 is 0 Å². The molecule has 0 bridgehead atoms. The normalized spacial score (nSPS) is 17.9. The van der Waals surface area contributed by atoms with Crippen LogP contribution in [0.5, 0.6) is 0 Å². The quantitative estimate of drug-likeness (QED) is 0.735. The van der Waals surface area contributed by atoms with Crippen molar-refractivity contribution in [3.05, 3.63) is 0 Å².